The molecule has 3 rings (SSSR count). The summed E-state index contributed by atoms with van der Waals surface area (Å²) < 4.78 is 14.8. The minimum atomic E-state index is -0.371. The molecule has 2 N–H and O–H groups in total. The maximum atomic E-state index is 13.0. The standard InChI is InChI=1S/C15H17FN4O/c16-11-2-1-3-13(6-11)19-15(21)9-20-8-14(18-10-20)7-17-12-4-5-12/h1-3,6,8,10,12,17H,4-5,7,9H2,(H,19,21). The van der Waals surface area contributed by atoms with Crippen molar-refractivity contribution in [2.24, 2.45) is 0 Å². The van der Waals surface area contributed by atoms with E-state index in [9.17, 15) is 9.18 Å². The van der Waals surface area contributed by atoms with E-state index in [1.807, 2.05) is 6.20 Å². The quantitative estimate of drug-likeness (QED) is 0.853. The summed E-state index contributed by atoms with van der Waals surface area (Å²) in [6.07, 6.45) is 5.95. The van der Waals surface area contributed by atoms with Crippen LogP contribution in [0.3, 0.4) is 0 Å². The van der Waals surface area contributed by atoms with E-state index in [0.717, 1.165) is 12.2 Å². The third-order valence-corrected chi connectivity index (χ3v) is 3.27. The van der Waals surface area contributed by atoms with Crippen LogP contribution in [-0.4, -0.2) is 21.5 Å². The molecule has 1 saturated carbocycles. The van der Waals surface area contributed by atoms with Crippen molar-refractivity contribution in [2.75, 3.05) is 5.32 Å². The first kappa shape index (κ1) is 13.8. The van der Waals surface area contributed by atoms with Crippen molar-refractivity contribution in [3.63, 3.8) is 0 Å². The largest absolute Gasteiger partial charge is 0.328 e. The molecule has 0 saturated heterocycles. The van der Waals surface area contributed by atoms with E-state index in [4.69, 9.17) is 0 Å². The first-order valence-electron chi connectivity index (χ1n) is 6.98. The number of hydrogen-bond donors (Lipinski definition) is 2. The van der Waals surface area contributed by atoms with E-state index < -0.39 is 0 Å². The minimum Gasteiger partial charge on any atom is -0.328 e. The van der Waals surface area contributed by atoms with Crippen molar-refractivity contribution in [1.29, 1.82) is 0 Å². The lowest BCUT2D eigenvalue weighted by Gasteiger charge is -2.05. The molecule has 1 heterocycles. The van der Waals surface area contributed by atoms with Crippen LogP contribution < -0.4 is 10.6 Å². The van der Waals surface area contributed by atoms with Gasteiger partial charge in [-0.1, -0.05) is 6.07 Å². The lowest BCUT2D eigenvalue weighted by molar-refractivity contribution is -0.116. The summed E-state index contributed by atoms with van der Waals surface area (Å²) in [5, 5.41) is 6.03. The fourth-order valence-corrected chi connectivity index (χ4v) is 2.05. The third-order valence-electron chi connectivity index (χ3n) is 3.27. The van der Waals surface area contributed by atoms with Crippen LogP contribution in [0.1, 0.15) is 18.5 Å². The lowest BCUT2D eigenvalue weighted by Crippen LogP contribution is -2.18. The first-order chi connectivity index (χ1) is 10.2. The number of hydrogen-bond acceptors (Lipinski definition) is 3. The van der Waals surface area contributed by atoms with Crippen molar-refractivity contribution in [1.82, 2.24) is 14.9 Å². The van der Waals surface area contributed by atoms with Gasteiger partial charge in [-0.2, -0.15) is 0 Å². The van der Waals surface area contributed by atoms with Crippen LogP contribution in [0.5, 0.6) is 0 Å². The molecule has 0 radical (unpaired) electrons. The Morgan fingerprint density at radius 3 is 3.05 bits per heavy atom. The van der Waals surface area contributed by atoms with E-state index in [0.29, 0.717) is 11.7 Å². The molecule has 110 valence electrons. The van der Waals surface area contributed by atoms with Crippen molar-refractivity contribution in [3.05, 3.63) is 48.3 Å². The normalized spacial score (nSPS) is 14.1. The average Bonchev–Trinajstić information content (AvgIpc) is 3.17. The predicted octanol–water partition coefficient (Wildman–Crippen LogP) is 1.91. The van der Waals surface area contributed by atoms with Crippen molar-refractivity contribution < 1.29 is 9.18 Å². The van der Waals surface area contributed by atoms with Gasteiger partial charge >= 0.3 is 0 Å². The van der Waals surface area contributed by atoms with Gasteiger partial charge in [0.05, 0.1) is 12.0 Å². The van der Waals surface area contributed by atoms with Gasteiger partial charge in [0.15, 0.2) is 0 Å². The summed E-state index contributed by atoms with van der Waals surface area (Å²) in [5.41, 5.74) is 1.37. The van der Waals surface area contributed by atoms with Gasteiger partial charge in [-0.25, -0.2) is 9.37 Å². The van der Waals surface area contributed by atoms with Crippen LogP contribution in [0, 0.1) is 5.82 Å². The summed E-state index contributed by atoms with van der Waals surface area (Å²) in [6, 6.07) is 6.47. The topological polar surface area (TPSA) is 59.0 Å². The van der Waals surface area contributed by atoms with Gasteiger partial charge in [-0.05, 0) is 31.0 Å². The molecule has 0 aliphatic heterocycles. The van der Waals surface area contributed by atoms with Crippen molar-refractivity contribution in [3.8, 4) is 0 Å². The van der Waals surface area contributed by atoms with E-state index in [2.05, 4.69) is 15.6 Å². The highest BCUT2D eigenvalue weighted by Crippen LogP contribution is 2.19. The van der Waals surface area contributed by atoms with Crippen LogP contribution in [0.2, 0.25) is 0 Å². The molecule has 1 aromatic carbocycles. The molecule has 21 heavy (non-hydrogen) atoms. The molecule has 0 spiro atoms. The fourth-order valence-electron chi connectivity index (χ4n) is 2.05. The molecule has 1 fully saturated rings. The smallest absolute Gasteiger partial charge is 0.244 e. The second kappa shape index (κ2) is 6.05. The third kappa shape index (κ3) is 4.13. The number of imidazole rings is 1. The van der Waals surface area contributed by atoms with Crippen molar-refractivity contribution >= 4 is 11.6 Å². The Labute approximate surface area is 122 Å². The molecule has 1 aromatic heterocycles. The zero-order valence-corrected chi connectivity index (χ0v) is 11.6. The molecule has 5 nitrogen and oxygen atoms in total. The first-order valence-corrected chi connectivity index (χ1v) is 6.98. The number of carbonyl (C=O) groups excluding carboxylic acids is 1. The van der Waals surface area contributed by atoms with E-state index in [1.54, 1.807) is 23.0 Å². The zero-order chi connectivity index (χ0) is 14.7. The minimum absolute atomic E-state index is 0.160. The number of nitrogens with one attached hydrogen (secondary N) is 2. The number of rotatable bonds is 6. The lowest BCUT2D eigenvalue weighted by atomic mass is 10.3. The molecule has 1 amide bonds. The molecule has 1 aliphatic carbocycles. The number of nitrogens with zero attached hydrogens (tertiary/aromatic N) is 2. The van der Waals surface area contributed by atoms with E-state index >= 15 is 0 Å². The van der Waals surface area contributed by atoms with Crippen LogP contribution in [0.4, 0.5) is 10.1 Å². The van der Waals surface area contributed by atoms with Gasteiger partial charge in [-0.15, -0.1) is 0 Å². The predicted molar refractivity (Wildman–Crippen MR) is 77.1 cm³/mol. The summed E-state index contributed by atoms with van der Waals surface area (Å²) in [5.74, 6) is -0.580. The maximum Gasteiger partial charge on any atom is 0.244 e. The Morgan fingerprint density at radius 1 is 1.43 bits per heavy atom. The van der Waals surface area contributed by atoms with Gasteiger partial charge in [0.25, 0.3) is 0 Å². The second-order valence-electron chi connectivity index (χ2n) is 5.25. The number of anilines is 1. The Balaban J connectivity index is 1.51. The number of carbonyl (C=O) groups is 1. The molecule has 0 atom stereocenters. The Bertz CT molecular complexity index is 636. The fraction of sp³-hybridized carbons (Fsp3) is 0.333. The summed E-state index contributed by atoms with van der Waals surface area (Å²) in [4.78, 5) is 16.1. The number of halogens is 1. The van der Waals surface area contributed by atoms with Crippen LogP contribution >= 0.6 is 0 Å². The highest BCUT2D eigenvalue weighted by Gasteiger charge is 2.20. The van der Waals surface area contributed by atoms with Gasteiger partial charge < -0.3 is 15.2 Å². The Morgan fingerprint density at radius 2 is 2.29 bits per heavy atom. The molecule has 2 aromatic rings. The molecular weight excluding hydrogens is 271 g/mol. The SMILES string of the molecule is O=C(Cn1cnc(CNC2CC2)c1)Nc1cccc(F)c1. The van der Waals surface area contributed by atoms with E-state index in [-0.39, 0.29) is 18.3 Å². The van der Waals surface area contributed by atoms with Gasteiger partial charge in [0, 0.05) is 24.5 Å². The number of aromatic nitrogens is 2. The molecule has 0 bridgehead atoms. The number of amides is 1. The average molecular weight is 288 g/mol. The van der Waals surface area contributed by atoms with Crippen LogP contribution in [0.15, 0.2) is 36.8 Å². The van der Waals surface area contributed by atoms with Crippen LogP contribution in [0.25, 0.3) is 0 Å². The van der Waals surface area contributed by atoms with E-state index in [1.165, 1.54) is 25.0 Å². The Hall–Kier alpha value is -2.21. The molecule has 0 unspecified atom stereocenters. The van der Waals surface area contributed by atoms with Gasteiger partial charge in [-0.3, -0.25) is 4.79 Å². The van der Waals surface area contributed by atoms with Crippen molar-refractivity contribution in [2.45, 2.75) is 32.0 Å². The zero-order valence-electron chi connectivity index (χ0n) is 11.6. The summed E-state index contributed by atoms with van der Waals surface area (Å²) in [7, 11) is 0. The number of benzene rings is 1. The molecular formula is C15H17FN4O. The maximum absolute atomic E-state index is 13.0. The molecule has 6 heteroatoms. The monoisotopic (exact) mass is 288 g/mol. The highest BCUT2D eigenvalue weighted by atomic mass is 19.1. The summed E-state index contributed by atoms with van der Waals surface area (Å²) >= 11 is 0. The summed E-state index contributed by atoms with van der Waals surface area (Å²) in [6.45, 7) is 0.885. The highest BCUT2D eigenvalue weighted by molar-refractivity contribution is 5.90. The van der Waals surface area contributed by atoms with Gasteiger partial charge in [0.2, 0.25) is 5.91 Å². The second-order valence-corrected chi connectivity index (χ2v) is 5.25. The molecule has 1 aliphatic rings. The Kier molecular flexibility index (Phi) is 3.96. The van der Waals surface area contributed by atoms with Gasteiger partial charge in [0.1, 0.15) is 12.4 Å². The van der Waals surface area contributed by atoms with Crippen LogP contribution in [-0.2, 0) is 17.9 Å².